The average molecular weight is 1480 g/mol. The molecule has 0 bridgehead atoms. The Morgan fingerprint density at radius 3 is 0.237 bits per heavy atom. The summed E-state index contributed by atoms with van der Waals surface area (Å²) in [5, 5.41) is 0. The van der Waals surface area contributed by atoms with Crippen LogP contribution in [0.2, 0.25) is 0 Å². The van der Waals surface area contributed by atoms with Crippen molar-refractivity contribution in [1.82, 2.24) is 0 Å². The second kappa shape index (κ2) is 29.8. The van der Waals surface area contributed by atoms with Gasteiger partial charge < -0.3 is 0 Å². The summed E-state index contributed by atoms with van der Waals surface area (Å²) < 4.78 is 16.6. The summed E-state index contributed by atoms with van der Waals surface area (Å²) in [6.45, 7) is 0. The standard InChI is InChI=1S/12C6H5.4HP.4Pd/c12*1-2-4-6-5-3-1;;;;;;;;/h12*1-5H;4*1H;;;;/q;;;;;;;;;;;;4*-1;;;;. The van der Waals surface area contributed by atoms with Crippen LogP contribution < -0.4 is 48.4 Å². The van der Waals surface area contributed by atoms with E-state index in [4.69, 9.17) is 0 Å². The number of hydrogen-bond donors (Lipinski definition) is 0. The quantitative estimate of drug-likeness (QED) is 0.0845. The third-order valence-electron chi connectivity index (χ3n) is 11.8. The van der Waals surface area contributed by atoms with Crippen LogP contribution >= 0.6 is 29.7 Å². The molecule has 0 fully saturated rings. The molecule has 0 N–H and O–H groups in total. The fourth-order valence-electron chi connectivity index (χ4n) is 8.00. The summed E-state index contributed by atoms with van der Waals surface area (Å²) in [7, 11) is 16.9. The molecule has 12 rings (SSSR count). The Morgan fingerprint density at radius 2 is 0.175 bits per heavy atom. The van der Waals surface area contributed by atoms with Gasteiger partial charge >= 0.3 is 502 Å². The Morgan fingerprint density at radius 1 is 0.113 bits per heavy atom. The van der Waals surface area contributed by atoms with Crippen LogP contribution in [-0.4, -0.2) is 0 Å². The zero-order valence-corrected chi connectivity index (χ0v) is 54.1. The molecule has 0 saturated heterocycles. The fraction of sp³-hybridized carbons (Fsp3) is 0. The normalized spacial score (nSPS) is 12.1. The van der Waals surface area contributed by atoms with Crippen molar-refractivity contribution in [3.63, 3.8) is 0 Å². The summed E-state index contributed by atoms with van der Waals surface area (Å²) >= 11 is -8.85. The Hall–Kier alpha value is -4.99. The predicted octanol–water partition coefficient (Wildman–Crippen LogP) is 12.7. The third kappa shape index (κ3) is 14.2. The number of benzene rings is 12. The maximum absolute atomic E-state index is 4.22. The molecule has 0 heterocycles. The molecule has 0 nitrogen and oxygen atoms in total. The molecule has 8 heteroatoms. The molecule has 80 heavy (non-hydrogen) atoms. The van der Waals surface area contributed by atoms with Gasteiger partial charge in [0, 0.05) is 0 Å². The van der Waals surface area contributed by atoms with Crippen molar-refractivity contribution in [3.8, 4) is 0 Å². The summed E-state index contributed by atoms with van der Waals surface area (Å²) in [5.74, 6) is 0. The molecule has 0 aliphatic rings. The SMILES string of the molecule is [PH-][Pd]([c]1ccccc1)([c]1ccccc1)[c]1ccccc1.[PH-][Pd]([c]1ccccc1)([c]1ccccc1)[c]1ccccc1.[PH-][Pd]([c]1ccccc1)([c]1ccccc1)[c]1ccccc1.[PH-][Pd]([c]1ccccc1)([c]1ccccc1)[c]1ccccc1. The van der Waals surface area contributed by atoms with Gasteiger partial charge in [-0.05, 0) is 0 Å². The van der Waals surface area contributed by atoms with Gasteiger partial charge in [0.25, 0.3) is 0 Å². The van der Waals surface area contributed by atoms with Gasteiger partial charge in [-0.15, -0.1) is 0 Å². The molecule has 12 aromatic rings. The first-order valence-electron chi connectivity index (χ1n) is 25.5. The molecule has 0 spiro atoms. The van der Waals surface area contributed by atoms with Crippen LogP contribution in [0.3, 0.4) is 0 Å². The van der Waals surface area contributed by atoms with Crippen LogP contribution in [0.1, 0.15) is 0 Å². The fourth-order valence-corrected chi connectivity index (χ4v) is 34.6. The van der Waals surface area contributed by atoms with Gasteiger partial charge in [-0.2, -0.15) is 0 Å². The van der Waals surface area contributed by atoms with Gasteiger partial charge in [-0.25, -0.2) is 0 Å². The first kappa shape index (κ1) is 59.6. The van der Waals surface area contributed by atoms with Gasteiger partial charge in [0.15, 0.2) is 0 Å². The predicted molar refractivity (Wildman–Crippen MR) is 346 cm³/mol. The molecule has 0 unspecified atom stereocenters. The van der Waals surface area contributed by atoms with Gasteiger partial charge in [-0.1, -0.05) is 0 Å². The summed E-state index contributed by atoms with van der Waals surface area (Å²) in [5.41, 5.74) is 0. The van der Waals surface area contributed by atoms with E-state index in [1.807, 2.05) is 0 Å². The van der Waals surface area contributed by atoms with Crippen LogP contribution in [0.5, 0.6) is 0 Å². The van der Waals surface area contributed by atoms with E-state index in [1.54, 1.807) is 0 Å². The molecular formula is C72H64P4Pd4-4. The van der Waals surface area contributed by atoms with E-state index in [9.17, 15) is 0 Å². The molecule has 0 radical (unpaired) electrons. The van der Waals surface area contributed by atoms with Crippen LogP contribution in [0.25, 0.3) is 0 Å². The van der Waals surface area contributed by atoms with Crippen molar-refractivity contribution >= 4 is 78.2 Å². The molecular weight excluding hydrogens is 1410 g/mol. The minimum atomic E-state index is -2.21. The zero-order chi connectivity index (χ0) is 55.4. The third-order valence-corrected chi connectivity index (χ3v) is 47.2. The van der Waals surface area contributed by atoms with Crippen LogP contribution in [-0.2, 0) is 60.2 Å². The molecule has 0 amide bonds. The topological polar surface area (TPSA) is 0 Å². The Kier molecular flexibility index (Phi) is 22.2. The van der Waals surface area contributed by atoms with Crippen molar-refractivity contribution in [2.75, 3.05) is 0 Å². The van der Waals surface area contributed by atoms with Gasteiger partial charge in [0.2, 0.25) is 0 Å². The Labute approximate surface area is 496 Å². The Bertz CT molecular complexity index is 2770. The van der Waals surface area contributed by atoms with Crippen molar-refractivity contribution in [2.24, 2.45) is 0 Å². The molecule has 0 aliphatic heterocycles. The van der Waals surface area contributed by atoms with E-state index in [2.05, 4.69) is 394 Å². The number of rotatable bonds is 12. The Balaban J connectivity index is 0.000000129. The first-order valence-corrected chi connectivity index (χ1v) is 45.4. The first-order chi connectivity index (χ1) is 39.3. The maximum atomic E-state index is 4.22. The van der Waals surface area contributed by atoms with E-state index in [0.717, 1.165) is 0 Å². The summed E-state index contributed by atoms with van der Waals surface area (Å²) in [6.07, 6.45) is 0. The molecule has 416 valence electrons. The summed E-state index contributed by atoms with van der Waals surface area (Å²) in [6, 6.07) is 129. The molecule has 0 aromatic heterocycles. The number of hydrogen-bond acceptors (Lipinski definition) is 0. The van der Waals surface area contributed by atoms with Crippen molar-refractivity contribution in [3.05, 3.63) is 364 Å². The van der Waals surface area contributed by atoms with E-state index in [1.165, 1.54) is 48.4 Å². The zero-order valence-electron chi connectivity index (χ0n) is 43.9. The monoisotopic (exact) mass is 1480 g/mol. The van der Waals surface area contributed by atoms with Crippen molar-refractivity contribution in [2.45, 2.75) is 0 Å². The van der Waals surface area contributed by atoms with E-state index in [0.29, 0.717) is 0 Å². The molecule has 0 aliphatic carbocycles. The van der Waals surface area contributed by atoms with Crippen molar-refractivity contribution in [1.29, 1.82) is 0 Å². The minimum absolute atomic E-state index is 1.38. The second-order valence-electron chi connectivity index (χ2n) is 17.0. The van der Waals surface area contributed by atoms with Crippen LogP contribution in [0, 0.1) is 0 Å². The van der Waals surface area contributed by atoms with Crippen LogP contribution in [0.4, 0.5) is 0 Å². The molecule has 0 saturated carbocycles. The molecule has 12 aromatic carbocycles. The van der Waals surface area contributed by atoms with Gasteiger partial charge in [0.05, 0.1) is 0 Å². The summed E-state index contributed by atoms with van der Waals surface area (Å²) in [4.78, 5) is 0. The van der Waals surface area contributed by atoms with Crippen LogP contribution in [0.15, 0.2) is 364 Å². The van der Waals surface area contributed by atoms with Crippen molar-refractivity contribution < 1.29 is 60.2 Å². The van der Waals surface area contributed by atoms with Gasteiger partial charge in [0.1, 0.15) is 0 Å². The van der Waals surface area contributed by atoms with E-state index < -0.39 is 60.2 Å². The second-order valence-corrected chi connectivity index (χ2v) is 48.3. The van der Waals surface area contributed by atoms with E-state index in [-0.39, 0.29) is 0 Å². The molecule has 0 atom stereocenters. The average Bonchev–Trinajstić information content (AvgIpc) is 3.63. The van der Waals surface area contributed by atoms with Gasteiger partial charge in [-0.3, -0.25) is 0 Å². The van der Waals surface area contributed by atoms with E-state index >= 15 is 0 Å².